The molecule has 6 nitrogen and oxygen atoms in total. The van der Waals surface area contributed by atoms with Crippen molar-refractivity contribution in [3.05, 3.63) is 36.0 Å². The molecule has 0 bridgehead atoms. The zero-order valence-corrected chi connectivity index (χ0v) is 11.0. The van der Waals surface area contributed by atoms with Crippen LogP contribution >= 0.6 is 0 Å². The molecule has 1 aromatic heterocycles. The Kier molecular flexibility index (Phi) is 3.42. The summed E-state index contributed by atoms with van der Waals surface area (Å²) in [7, 11) is 0. The van der Waals surface area contributed by atoms with Crippen molar-refractivity contribution in [2.24, 2.45) is 0 Å². The summed E-state index contributed by atoms with van der Waals surface area (Å²) in [5.41, 5.74) is 1.38. The number of hydrogen-bond acceptors (Lipinski definition) is 6. The Balaban J connectivity index is 1.80. The number of benzene rings is 1. The number of nitrogens with one attached hydrogen (secondary N) is 1. The number of nitrogens with zero attached hydrogens (tertiary/aromatic N) is 5. The van der Waals surface area contributed by atoms with Crippen LogP contribution in [0, 0.1) is 11.3 Å². The van der Waals surface area contributed by atoms with E-state index in [-0.39, 0.29) is 0 Å². The van der Waals surface area contributed by atoms with Crippen molar-refractivity contribution in [2.45, 2.75) is 12.8 Å². The van der Waals surface area contributed by atoms with Crippen LogP contribution in [0.25, 0.3) is 0 Å². The number of nitriles is 1. The van der Waals surface area contributed by atoms with E-state index in [4.69, 9.17) is 5.26 Å². The van der Waals surface area contributed by atoms with Gasteiger partial charge in [0.2, 0.25) is 5.95 Å². The van der Waals surface area contributed by atoms with E-state index in [0.29, 0.717) is 11.5 Å². The topological polar surface area (TPSA) is 77.7 Å². The van der Waals surface area contributed by atoms with Gasteiger partial charge in [0.05, 0.1) is 17.8 Å². The summed E-state index contributed by atoms with van der Waals surface area (Å²) in [6.07, 6.45) is 4.07. The lowest BCUT2D eigenvalue weighted by Gasteiger charge is -2.15. The Bertz CT molecular complexity index is 642. The van der Waals surface area contributed by atoms with Crippen molar-refractivity contribution in [2.75, 3.05) is 23.3 Å². The number of hydrogen-bond donors (Lipinski definition) is 1. The SMILES string of the molecule is N#Cc1cccc(Nc2nncc(N3CCCC3)n2)c1. The van der Waals surface area contributed by atoms with E-state index in [9.17, 15) is 0 Å². The molecule has 1 aromatic carbocycles. The molecule has 0 unspecified atom stereocenters. The van der Waals surface area contributed by atoms with Crippen LogP contribution in [0.15, 0.2) is 30.5 Å². The third kappa shape index (κ3) is 2.67. The lowest BCUT2D eigenvalue weighted by Crippen LogP contribution is -2.19. The molecule has 1 N–H and O–H groups in total. The Labute approximate surface area is 117 Å². The van der Waals surface area contributed by atoms with Crippen molar-refractivity contribution in [3.63, 3.8) is 0 Å². The molecule has 1 fully saturated rings. The number of rotatable bonds is 3. The molecule has 100 valence electrons. The highest BCUT2D eigenvalue weighted by Crippen LogP contribution is 2.19. The van der Waals surface area contributed by atoms with E-state index < -0.39 is 0 Å². The van der Waals surface area contributed by atoms with Crippen LogP contribution in [0.2, 0.25) is 0 Å². The minimum absolute atomic E-state index is 0.449. The summed E-state index contributed by atoms with van der Waals surface area (Å²) in [4.78, 5) is 6.66. The zero-order chi connectivity index (χ0) is 13.8. The minimum Gasteiger partial charge on any atom is -0.355 e. The van der Waals surface area contributed by atoms with Crippen LogP contribution in [-0.4, -0.2) is 28.3 Å². The van der Waals surface area contributed by atoms with Gasteiger partial charge in [-0.2, -0.15) is 15.3 Å². The van der Waals surface area contributed by atoms with Crippen LogP contribution in [-0.2, 0) is 0 Å². The van der Waals surface area contributed by atoms with Crippen molar-refractivity contribution in [1.82, 2.24) is 15.2 Å². The highest BCUT2D eigenvalue weighted by Gasteiger charge is 2.14. The summed E-state index contributed by atoms with van der Waals surface area (Å²) in [5, 5.41) is 19.9. The van der Waals surface area contributed by atoms with Crippen molar-refractivity contribution in [1.29, 1.82) is 5.26 Å². The van der Waals surface area contributed by atoms with Gasteiger partial charge in [-0.05, 0) is 31.0 Å². The maximum atomic E-state index is 8.89. The average molecular weight is 266 g/mol. The smallest absolute Gasteiger partial charge is 0.249 e. The van der Waals surface area contributed by atoms with E-state index >= 15 is 0 Å². The summed E-state index contributed by atoms with van der Waals surface area (Å²) in [6, 6.07) is 9.30. The van der Waals surface area contributed by atoms with Crippen molar-refractivity contribution in [3.8, 4) is 6.07 Å². The molecule has 0 spiro atoms. The summed E-state index contributed by atoms with van der Waals surface area (Å²) in [5.74, 6) is 1.29. The first-order chi connectivity index (χ1) is 9.85. The van der Waals surface area contributed by atoms with E-state index in [1.807, 2.05) is 12.1 Å². The standard InChI is InChI=1S/C14H14N6/c15-9-11-4-3-5-12(8-11)17-14-18-13(10-16-19-14)20-6-1-2-7-20/h3-5,8,10H,1-2,6-7H2,(H,17,18,19). The lowest BCUT2D eigenvalue weighted by atomic mass is 10.2. The van der Waals surface area contributed by atoms with Crippen LogP contribution in [0.3, 0.4) is 0 Å². The van der Waals surface area contributed by atoms with E-state index in [1.165, 1.54) is 12.8 Å². The van der Waals surface area contributed by atoms with Gasteiger partial charge in [0.25, 0.3) is 0 Å². The van der Waals surface area contributed by atoms with Crippen LogP contribution < -0.4 is 10.2 Å². The fourth-order valence-corrected chi connectivity index (χ4v) is 2.24. The molecule has 0 atom stereocenters. The molecule has 0 radical (unpaired) electrons. The van der Waals surface area contributed by atoms with Crippen LogP contribution in [0.1, 0.15) is 18.4 Å². The highest BCUT2D eigenvalue weighted by molar-refractivity contribution is 5.57. The maximum Gasteiger partial charge on any atom is 0.249 e. The molecule has 0 saturated carbocycles. The molecule has 1 aliphatic rings. The Morgan fingerprint density at radius 2 is 2.10 bits per heavy atom. The molecule has 6 heteroatoms. The maximum absolute atomic E-state index is 8.89. The minimum atomic E-state index is 0.449. The number of aromatic nitrogens is 3. The molecular formula is C14H14N6. The molecular weight excluding hydrogens is 252 g/mol. The third-order valence-corrected chi connectivity index (χ3v) is 3.22. The molecule has 2 aromatic rings. The van der Waals surface area contributed by atoms with Crippen LogP contribution in [0.5, 0.6) is 0 Å². The molecule has 20 heavy (non-hydrogen) atoms. The molecule has 3 rings (SSSR count). The van der Waals surface area contributed by atoms with E-state index in [1.54, 1.807) is 18.3 Å². The first-order valence-electron chi connectivity index (χ1n) is 6.57. The van der Waals surface area contributed by atoms with E-state index in [2.05, 4.69) is 31.5 Å². The lowest BCUT2D eigenvalue weighted by molar-refractivity contribution is 0.890. The second-order valence-electron chi connectivity index (χ2n) is 4.65. The third-order valence-electron chi connectivity index (χ3n) is 3.22. The normalized spacial score (nSPS) is 14.1. The molecule has 0 aliphatic carbocycles. The molecule has 1 aliphatic heterocycles. The average Bonchev–Trinajstić information content (AvgIpc) is 3.02. The summed E-state index contributed by atoms with van der Waals surface area (Å²) < 4.78 is 0. The Morgan fingerprint density at radius 1 is 1.25 bits per heavy atom. The van der Waals surface area contributed by atoms with Gasteiger partial charge >= 0.3 is 0 Å². The largest absolute Gasteiger partial charge is 0.355 e. The van der Waals surface area contributed by atoms with Gasteiger partial charge in [0.15, 0.2) is 5.82 Å². The second-order valence-corrected chi connectivity index (χ2v) is 4.65. The van der Waals surface area contributed by atoms with Crippen molar-refractivity contribution < 1.29 is 0 Å². The van der Waals surface area contributed by atoms with Gasteiger partial charge in [0, 0.05) is 18.8 Å². The molecule has 0 amide bonds. The summed E-state index contributed by atoms with van der Waals surface area (Å²) in [6.45, 7) is 2.03. The first-order valence-corrected chi connectivity index (χ1v) is 6.57. The number of anilines is 3. The monoisotopic (exact) mass is 266 g/mol. The molecule has 1 saturated heterocycles. The Morgan fingerprint density at radius 3 is 2.90 bits per heavy atom. The second kappa shape index (κ2) is 5.53. The van der Waals surface area contributed by atoms with Gasteiger partial charge in [-0.3, -0.25) is 0 Å². The summed E-state index contributed by atoms with van der Waals surface area (Å²) >= 11 is 0. The van der Waals surface area contributed by atoms with Gasteiger partial charge < -0.3 is 10.2 Å². The van der Waals surface area contributed by atoms with Crippen molar-refractivity contribution >= 4 is 17.5 Å². The predicted octanol–water partition coefficient (Wildman–Crippen LogP) is 2.09. The van der Waals surface area contributed by atoms with Crippen LogP contribution in [0.4, 0.5) is 17.5 Å². The zero-order valence-electron chi connectivity index (χ0n) is 11.0. The van der Waals surface area contributed by atoms with Gasteiger partial charge in [-0.15, -0.1) is 5.10 Å². The first kappa shape index (κ1) is 12.4. The van der Waals surface area contributed by atoms with E-state index in [0.717, 1.165) is 24.6 Å². The quantitative estimate of drug-likeness (QED) is 0.916. The fourth-order valence-electron chi connectivity index (χ4n) is 2.24. The molecule has 2 heterocycles. The Hall–Kier alpha value is -2.68. The fraction of sp³-hybridized carbons (Fsp3) is 0.286. The van der Waals surface area contributed by atoms with Gasteiger partial charge in [0.1, 0.15) is 0 Å². The predicted molar refractivity (Wildman–Crippen MR) is 75.7 cm³/mol. The van der Waals surface area contributed by atoms with Gasteiger partial charge in [-0.1, -0.05) is 6.07 Å². The van der Waals surface area contributed by atoms with Gasteiger partial charge in [-0.25, -0.2) is 0 Å². The highest BCUT2D eigenvalue weighted by atomic mass is 15.3.